The zero-order chi connectivity index (χ0) is 13.8. The zero-order valence-electron chi connectivity index (χ0n) is 10.7. The summed E-state index contributed by atoms with van der Waals surface area (Å²) in [5.41, 5.74) is 7.73. The van der Waals surface area contributed by atoms with Crippen molar-refractivity contribution in [3.05, 3.63) is 41.0 Å². The molecule has 98 valence electrons. The number of hydrogen-bond donors (Lipinski definition) is 2. The summed E-state index contributed by atoms with van der Waals surface area (Å²) in [5.74, 6) is 2.65. The van der Waals surface area contributed by atoms with E-state index < -0.39 is 0 Å². The van der Waals surface area contributed by atoms with E-state index in [0.717, 1.165) is 16.5 Å². The first kappa shape index (κ1) is 13.8. The van der Waals surface area contributed by atoms with Crippen molar-refractivity contribution < 1.29 is 0 Å². The van der Waals surface area contributed by atoms with E-state index in [1.54, 1.807) is 6.20 Å². The van der Waals surface area contributed by atoms with E-state index in [9.17, 15) is 0 Å². The molecular formula is C15H16ClN3. The molecule has 0 saturated carbocycles. The highest BCUT2D eigenvalue weighted by atomic mass is 35.5. The quantitative estimate of drug-likeness (QED) is 0.842. The van der Waals surface area contributed by atoms with Gasteiger partial charge in [0.05, 0.1) is 11.6 Å². The molecule has 19 heavy (non-hydrogen) atoms. The predicted molar refractivity (Wildman–Crippen MR) is 80.0 cm³/mol. The molecule has 2 unspecified atom stereocenters. The van der Waals surface area contributed by atoms with Gasteiger partial charge in [-0.2, -0.15) is 0 Å². The maximum Gasteiger partial charge on any atom is 0.0765 e. The predicted octanol–water partition coefficient (Wildman–Crippen LogP) is 2.50. The number of fused-ring (bicyclic) bond motifs is 1. The second-order valence-electron chi connectivity index (χ2n) is 4.38. The third-order valence-corrected chi connectivity index (χ3v) is 3.39. The minimum absolute atomic E-state index is 0.0410. The first-order valence-electron chi connectivity index (χ1n) is 6.12. The second kappa shape index (κ2) is 6.03. The lowest BCUT2D eigenvalue weighted by Crippen LogP contribution is -2.34. The van der Waals surface area contributed by atoms with Crippen LogP contribution in [0.25, 0.3) is 10.9 Å². The van der Waals surface area contributed by atoms with Gasteiger partial charge in [0.1, 0.15) is 0 Å². The maximum atomic E-state index is 6.19. The smallest absolute Gasteiger partial charge is 0.0765 e. The van der Waals surface area contributed by atoms with Gasteiger partial charge in [0.2, 0.25) is 0 Å². The average Bonchev–Trinajstić information content (AvgIpc) is 2.45. The van der Waals surface area contributed by atoms with Crippen LogP contribution in [0.15, 0.2) is 30.5 Å². The van der Waals surface area contributed by atoms with Gasteiger partial charge >= 0.3 is 0 Å². The fourth-order valence-electron chi connectivity index (χ4n) is 2.08. The SMILES string of the molecule is C#CC(C)NC(CN)c1ccc(Cl)c2cccnc12. The highest BCUT2D eigenvalue weighted by Crippen LogP contribution is 2.28. The van der Waals surface area contributed by atoms with Crippen molar-refractivity contribution in [2.45, 2.75) is 19.0 Å². The number of nitrogens with one attached hydrogen (secondary N) is 1. The highest BCUT2D eigenvalue weighted by Gasteiger charge is 2.16. The molecule has 1 heterocycles. The third-order valence-electron chi connectivity index (χ3n) is 3.06. The van der Waals surface area contributed by atoms with Crippen LogP contribution < -0.4 is 11.1 Å². The number of rotatable bonds is 4. The number of nitrogens with zero attached hydrogens (tertiary/aromatic N) is 1. The van der Waals surface area contributed by atoms with E-state index >= 15 is 0 Å². The van der Waals surface area contributed by atoms with Gasteiger partial charge < -0.3 is 5.73 Å². The zero-order valence-corrected chi connectivity index (χ0v) is 11.5. The van der Waals surface area contributed by atoms with Gasteiger partial charge in [-0.15, -0.1) is 6.42 Å². The molecule has 4 heteroatoms. The molecule has 3 N–H and O–H groups in total. The average molecular weight is 274 g/mol. The Morgan fingerprint density at radius 2 is 2.26 bits per heavy atom. The number of hydrogen-bond acceptors (Lipinski definition) is 3. The van der Waals surface area contributed by atoms with E-state index in [1.165, 1.54) is 0 Å². The molecule has 0 spiro atoms. The van der Waals surface area contributed by atoms with Crippen LogP contribution in [-0.2, 0) is 0 Å². The monoisotopic (exact) mass is 273 g/mol. The Morgan fingerprint density at radius 1 is 1.47 bits per heavy atom. The second-order valence-corrected chi connectivity index (χ2v) is 4.79. The summed E-state index contributed by atoms with van der Waals surface area (Å²) in [6.07, 6.45) is 7.15. The van der Waals surface area contributed by atoms with E-state index in [4.69, 9.17) is 23.8 Å². The Kier molecular flexibility index (Phi) is 4.39. The molecule has 1 aromatic heterocycles. The van der Waals surface area contributed by atoms with Crippen molar-refractivity contribution >= 4 is 22.5 Å². The van der Waals surface area contributed by atoms with Gasteiger partial charge in [-0.3, -0.25) is 10.3 Å². The fraction of sp³-hybridized carbons (Fsp3) is 0.267. The van der Waals surface area contributed by atoms with Crippen LogP contribution >= 0.6 is 11.6 Å². The molecule has 2 atom stereocenters. The van der Waals surface area contributed by atoms with Crippen molar-refractivity contribution in [2.24, 2.45) is 5.73 Å². The number of pyridine rings is 1. The summed E-state index contributed by atoms with van der Waals surface area (Å²) in [6.45, 7) is 2.37. The molecule has 2 rings (SSSR count). The molecule has 0 amide bonds. The first-order chi connectivity index (χ1) is 9.17. The van der Waals surface area contributed by atoms with Crippen molar-refractivity contribution in [3.63, 3.8) is 0 Å². The number of benzene rings is 1. The van der Waals surface area contributed by atoms with E-state index in [-0.39, 0.29) is 12.1 Å². The molecule has 0 aliphatic carbocycles. The summed E-state index contributed by atoms with van der Waals surface area (Å²) in [5, 5.41) is 4.91. The van der Waals surface area contributed by atoms with Gasteiger partial charge in [-0.25, -0.2) is 0 Å². The fourth-order valence-corrected chi connectivity index (χ4v) is 2.29. The molecule has 0 radical (unpaired) electrons. The normalized spacial score (nSPS) is 14.0. The molecule has 2 aromatic rings. The van der Waals surface area contributed by atoms with Gasteiger partial charge in [0.25, 0.3) is 0 Å². The Bertz CT molecular complexity index is 618. The van der Waals surface area contributed by atoms with Crippen molar-refractivity contribution in [1.29, 1.82) is 0 Å². The van der Waals surface area contributed by atoms with Crippen LogP contribution in [0.1, 0.15) is 18.5 Å². The van der Waals surface area contributed by atoms with Gasteiger partial charge in [0.15, 0.2) is 0 Å². The summed E-state index contributed by atoms with van der Waals surface area (Å²) in [4.78, 5) is 4.41. The summed E-state index contributed by atoms with van der Waals surface area (Å²) in [6, 6.07) is 7.54. The van der Waals surface area contributed by atoms with Crippen LogP contribution in [-0.4, -0.2) is 17.6 Å². The van der Waals surface area contributed by atoms with E-state index in [1.807, 2.05) is 31.2 Å². The third kappa shape index (κ3) is 2.87. The van der Waals surface area contributed by atoms with Gasteiger partial charge in [-0.1, -0.05) is 23.6 Å². The maximum absolute atomic E-state index is 6.19. The largest absolute Gasteiger partial charge is 0.329 e. The van der Waals surface area contributed by atoms with Crippen LogP contribution in [0.3, 0.4) is 0 Å². The summed E-state index contributed by atoms with van der Waals surface area (Å²) < 4.78 is 0. The number of aromatic nitrogens is 1. The molecule has 0 bridgehead atoms. The van der Waals surface area contributed by atoms with Crippen molar-refractivity contribution in [1.82, 2.24) is 10.3 Å². The number of terminal acetylenes is 1. The Hall–Kier alpha value is -1.60. The van der Waals surface area contributed by atoms with Crippen molar-refractivity contribution in [2.75, 3.05) is 6.54 Å². The van der Waals surface area contributed by atoms with Gasteiger partial charge in [-0.05, 0) is 30.7 Å². The molecule has 3 nitrogen and oxygen atoms in total. The summed E-state index contributed by atoms with van der Waals surface area (Å²) >= 11 is 6.19. The first-order valence-corrected chi connectivity index (χ1v) is 6.50. The minimum Gasteiger partial charge on any atom is -0.329 e. The minimum atomic E-state index is -0.0528. The number of nitrogens with two attached hydrogens (primary N) is 1. The Balaban J connectivity index is 2.49. The molecular weight excluding hydrogens is 258 g/mol. The lowest BCUT2D eigenvalue weighted by atomic mass is 10.0. The Labute approximate surface area is 118 Å². The molecule has 0 aliphatic rings. The number of halogens is 1. The van der Waals surface area contributed by atoms with E-state index in [0.29, 0.717) is 11.6 Å². The standard InChI is InChI=1S/C15H16ClN3/c1-3-10(2)19-14(9-17)12-6-7-13(16)11-5-4-8-18-15(11)12/h1,4-8,10,14,19H,9,17H2,2H3. The highest BCUT2D eigenvalue weighted by molar-refractivity contribution is 6.35. The van der Waals surface area contributed by atoms with Crippen LogP contribution in [0.2, 0.25) is 5.02 Å². The van der Waals surface area contributed by atoms with Crippen molar-refractivity contribution in [3.8, 4) is 12.3 Å². The lowest BCUT2D eigenvalue weighted by molar-refractivity contribution is 0.520. The Morgan fingerprint density at radius 3 is 2.95 bits per heavy atom. The topological polar surface area (TPSA) is 50.9 Å². The van der Waals surface area contributed by atoms with E-state index in [2.05, 4.69) is 16.2 Å². The van der Waals surface area contributed by atoms with Crippen LogP contribution in [0.5, 0.6) is 0 Å². The molecule has 0 aliphatic heterocycles. The van der Waals surface area contributed by atoms with Gasteiger partial charge in [0, 0.05) is 29.2 Å². The summed E-state index contributed by atoms with van der Waals surface area (Å²) in [7, 11) is 0. The van der Waals surface area contributed by atoms with Crippen LogP contribution in [0, 0.1) is 12.3 Å². The molecule has 0 fully saturated rings. The lowest BCUT2D eigenvalue weighted by Gasteiger charge is -2.21. The molecule has 0 saturated heterocycles. The molecule has 1 aromatic carbocycles. The van der Waals surface area contributed by atoms with Crippen LogP contribution in [0.4, 0.5) is 0 Å².